The summed E-state index contributed by atoms with van der Waals surface area (Å²) >= 11 is 0. The van der Waals surface area contributed by atoms with E-state index < -0.39 is 0 Å². The first-order chi connectivity index (χ1) is 11.9. The Bertz CT molecular complexity index is 1140. The summed E-state index contributed by atoms with van der Waals surface area (Å²) < 4.78 is 5.83. The number of ether oxygens (including phenoxy) is 1. The Balaban J connectivity index is 1.74. The van der Waals surface area contributed by atoms with Crippen molar-refractivity contribution in [2.45, 2.75) is 33.2 Å². The van der Waals surface area contributed by atoms with Gasteiger partial charge in [0.1, 0.15) is 12.3 Å². The number of benzene rings is 2. The molecule has 4 heteroatoms. The number of nitrogens with zero attached hydrogens (tertiary/aromatic N) is 3. The second-order valence-corrected chi connectivity index (χ2v) is 7.52. The van der Waals surface area contributed by atoms with Crippen LogP contribution in [0.25, 0.3) is 16.7 Å². The van der Waals surface area contributed by atoms with E-state index in [9.17, 15) is 0 Å². The number of rotatable bonds is 1. The van der Waals surface area contributed by atoms with Crippen LogP contribution in [0.15, 0.2) is 51.0 Å². The monoisotopic (exact) mass is 329 g/mol. The maximum atomic E-state index is 5.83. The molecule has 124 valence electrons. The van der Waals surface area contributed by atoms with Crippen LogP contribution in [-0.4, -0.2) is 18.0 Å². The Hall–Kier alpha value is -2.75. The molecule has 3 aliphatic rings. The summed E-state index contributed by atoms with van der Waals surface area (Å²) in [5, 5.41) is 2.05. The van der Waals surface area contributed by atoms with E-state index in [0.717, 1.165) is 27.7 Å². The maximum absolute atomic E-state index is 5.83. The van der Waals surface area contributed by atoms with Gasteiger partial charge in [0.25, 0.3) is 0 Å². The molecule has 4 nitrogen and oxygen atoms in total. The summed E-state index contributed by atoms with van der Waals surface area (Å²) in [5.74, 6) is 0.663. The third kappa shape index (κ3) is 1.97. The molecule has 0 atom stereocenters. The largest absolute Gasteiger partial charge is 0.474 e. The Morgan fingerprint density at radius 3 is 2.60 bits per heavy atom. The van der Waals surface area contributed by atoms with E-state index in [2.05, 4.69) is 52.0 Å². The third-order valence-electron chi connectivity index (χ3n) is 5.08. The molecule has 5 rings (SSSR count). The van der Waals surface area contributed by atoms with E-state index in [-0.39, 0.29) is 5.54 Å². The Labute approximate surface area is 146 Å². The Morgan fingerprint density at radius 2 is 1.84 bits per heavy atom. The zero-order valence-electron chi connectivity index (χ0n) is 14.8. The molecular weight excluding hydrogens is 310 g/mol. The van der Waals surface area contributed by atoms with E-state index in [1.54, 1.807) is 0 Å². The lowest BCUT2D eigenvalue weighted by Gasteiger charge is -2.07. The molecule has 3 heterocycles. The van der Waals surface area contributed by atoms with Crippen LogP contribution < -0.4 is 10.7 Å². The first kappa shape index (κ1) is 14.6. The van der Waals surface area contributed by atoms with Gasteiger partial charge in [-0.05, 0) is 51.0 Å². The summed E-state index contributed by atoms with van der Waals surface area (Å²) in [4.78, 5) is 14.4. The highest BCUT2D eigenvalue weighted by Crippen LogP contribution is 2.35. The fraction of sp³-hybridized carbons (Fsp3) is 0.286. The minimum absolute atomic E-state index is 0.183. The molecule has 0 N–H and O–H groups in total. The summed E-state index contributed by atoms with van der Waals surface area (Å²) in [5.41, 5.74) is 7.53. The molecular formula is C21H19N3O. The van der Waals surface area contributed by atoms with Crippen molar-refractivity contribution in [1.29, 1.82) is 0 Å². The second kappa shape index (κ2) is 4.66. The molecule has 0 bridgehead atoms. The van der Waals surface area contributed by atoms with E-state index in [4.69, 9.17) is 19.7 Å². The summed E-state index contributed by atoms with van der Waals surface area (Å²) in [6.07, 6.45) is 0. The molecule has 0 radical (unpaired) electrons. The van der Waals surface area contributed by atoms with Gasteiger partial charge in [-0.2, -0.15) is 0 Å². The maximum Gasteiger partial charge on any atom is 0.236 e. The van der Waals surface area contributed by atoms with Crippen molar-refractivity contribution in [3.8, 4) is 11.1 Å². The van der Waals surface area contributed by atoms with Gasteiger partial charge in [-0.25, -0.2) is 15.0 Å². The van der Waals surface area contributed by atoms with Crippen LogP contribution in [0.2, 0.25) is 0 Å². The van der Waals surface area contributed by atoms with Gasteiger partial charge in [0.15, 0.2) is 0 Å². The molecule has 0 fully saturated rings. The number of hydrogen-bond acceptors (Lipinski definition) is 4. The second-order valence-electron chi connectivity index (χ2n) is 7.52. The summed E-state index contributed by atoms with van der Waals surface area (Å²) in [7, 11) is 0. The standard InChI is InChI=1S/C21H19N3O/c1-11-17-12(2)19(20-24-21(3,4)10-25-20)23-16(17)9-14-13-7-5-6-8-15(13)22-18(11)14/h5-9H,10H2,1-4H3. The van der Waals surface area contributed by atoms with E-state index in [0.29, 0.717) is 12.5 Å². The lowest BCUT2D eigenvalue weighted by Crippen LogP contribution is -2.18. The predicted molar refractivity (Wildman–Crippen MR) is 98.6 cm³/mol. The van der Waals surface area contributed by atoms with Crippen LogP contribution >= 0.6 is 0 Å². The van der Waals surface area contributed by atoms with Gasteiger partial charge in [-0.1, -0.05) is 18.2 Å². The molecule has 0 aromatic heterocycles. The van der Waals surface area contributed by atoms with Crippen molar-refractivity contribution < 1.29 is 4.74 Å². The smallest absolute Gasteiger partial charge is 0.236 e. The average Bonchev–Trinajstić information content (AvgIpc) is 3.22. The summed E-state index contributed by atoms with van der Waals surface area (Å²) in [6.45, 7) is 8.99. The highest BCUT2D eigenvalue weighted by atomic mass is 16.5. The van der Waals surface area contributed by atoms with Crippen molar-refractivity contribution in [3.63, 3.8) is 0 Å². The number of fused-ring (bicyclic) bond motifs is 4. The number of para-hydroxylation sites is 1. The highest BCUT2D eigenvalue weighted by Gasteiger charge is 2.32. The quantitative estimate of drug-likeness (QED) is 0.674. The molecule has 0 spiro atoms. The molecule has 0 saturated carbocycles. The van der Waals surface area contributed by atoms with Crippen molar-refractivity contribution >= 4 is 17.2 Å². The topological polar surface area (TPSA) is 46.3 Å². The third-order valence-corrected chi connectivity index (χ3v) is 5.08. The van der Waals surface area contributed by atoms with E-state index in [1.807, 2.05) is 6.07 Å². The van der Waals surface area contributed by atoms with Crippen LogP contribution in [0.5, 0.6) is 0 Å². The zero-order valence-corrected chi connectivity index (χ0v) is 14.8. The fourth-order valence-corrected chi connectivity index (χ4v) is 3.86. The molecule has 0 unspecified atom stereocenters. The van der Waals surface area contributed by atoms with Crippen LogP contribution in [0.1, 0.15) is 31.9 Å². The molecule has 3 aliphatic heterocycles. The zero-order chi connectivity index (χ0) is 17.3. The lowest BCUT2D eigenvalue weighted by molar-refractivity contribution is 0.279. The average molecular weight is 329 g/mol. The minimum atomic E-state index is -0.183. The Kier molecular flexibility index (Phi) is 2.72. The molecule has 25 heavy (non-hydrogen) atoms. The molecule has 0 aliphatic carbocycles. The number of aliphatic imine (C=N–C) groups is 1. The van der Waals surface area contributed by atoms with E-state index in [1.165, 1.54) is 22.3 Å². The molecule has 0 saturated heterocycles. The van der Waals surface area contributed by atoms with Gasteiger partial charge in [-0.15, -0.1) is 0 Å². The SMILES string of the molecule is CC1=C(C2=NC(C)(C)CO2)N=c2cc3c(c(C)c21)=Nc1ccccc1-3. The summed E-state index contributed by atoms with van der Waals surface area (Å²) in [6, 6.07) is 10.4. The fourth-order valence-electron chi connectivity index (χ4n) is 3.86. The van der Waals surface area contributed by atoms with Crippen molar-refractivity contribution in [2.75, 3.05) is 6.61 Å². The first-order valence-electron chi connectivity index (χ1n) is 8.59. The predicted octanol–water partition coefficient (Wildman–Crippen LogP) is 3.50. The molecule has 2 aromatic carbocycles. The molecule has 0 amide bonds. The van der Waals surface area contributed by atoms with Gasteiger partial charge >= 0.3 is 0 Å². The van der Waals surface area contributed by atoms with Crippen LogP contribution in [0.3, 0.4) is 0 Å². The van der Waals surface area contributed by atoms with Gasteiger partial charge < -0.3 is 4.74 Å². The van der Waals surface area contributed by atoms with Crippen LogP contribution in [0, 0.1) is 6.92 Å². The number of hydrogen-bond donors (Lipinski definition) is 0. The normalized spacial score (nSPS) is 18.8. The van der Waals surface area contributed by atoms with Gasteiger partial charge in [0.05, 0.1) is 21.9 Å². The minimum Gasteiger partial charge on any atom is -0.474 e. The molecule has 2 aromatic rings. The van der Waals surface area contributed by atoms with Gasteiger partial charge in [0.2, 0.25) is 5.90 Å². The highest BCUT2D eigenvalue weighted by molar-refractivity contribution is 6.03. The lowest BCUT2D eigenvalue weighted by atomic mass is 9.96. The number of allylic oxidation sites excluding steroid dienone is 1. The first-order valence-corrected chi connectivity index (χ1v) is 8.59. The van der Waals surface area contributed by atoms with Crippen molar-refractivity contribution in [1.82, 2.24) is 0 Å². The van der Waals surface area contributed by atoms with Crippen LogP contribution in [0.4, 0.5) is 5.69 Å². The Morgan fingerprint density at radius 1 is 1.04 bits per heavy atom. The van der Waals surface area contributed by atoms with Crippen molar-refractivity contribution in [2.24, 2.45) is 15.0 Å². The van der Waals surface area contributed by atoms with Gasteiger partial charge in [-0.3, -0.25) is 0 Å². The van der Waals surface area contributed by atoms with Gasteiger partial charge in [0, 0.05) is 16.7 Å². The van der Waals surface area contributed by atoms with Crippen molar-refractivity contribution in [3.05, 3.63) is 57.9 Å². The van der Waals surface area contributed by atoms with E-state index >= 15 is 0 Å². The van der Waals surface area contributed by atoms with Crippen LogP contribution in [-0.2, 0) is 4.74 Å².